The molecule has 0 amide bonds. The first-order valence-electron chi connectivity index (χ1n) is 9.74. The number of hydrogen-bond acceptors (Lipinski definition) is 5. The van der Waals surface area contributed by atoms with Gasteiger partial charge in [-0.1, -0.05) is 55.3 Å². The van der Waals surface area contributed by atoms with Crippen LogP contribution >= 0.6 is 24.0 Å². The molecule has 0 aliphatic heterocycles. The van der Waals surface area contributed by atoms with Gasteiger partial charge in [0.1, 0.15) is 17.4 Å². The number of benzene rings is 2. The van der Waals surface area contributed by atoms with Crippen molar-refractivity contribution >= 4 is 29.9 Å². The summed E-state index contributed by atoms with van der Waals surface area (Å²) >= 11 is 5.69. The first-order chi connectivity index (χ1) is 14.1. The molecule has 1 aromatic heterocycles. The first-order valence-corrected chi connectivity index (χ1v) is 11.1. The van der Waals surface area contributed by atoms with Crippen molar-refractivity contribution in [3.8, 4) is 16.3 Å². The normalized spacial score (nSPS) is 11.9. The van der Waals surface area contributed by atoms with Crippen LogP contribution in [0.25, 0.3) is 10.6 Å². The lowest BCUT2D eigenvalue weighted by Crippen LogP contribution is -2.12. The summed E-state index contributed by atoms with van der Waals surface area (Å²) in [6.07, 6.45) is 4.54. The number of aliphatic carboxylic acids is 1. The van der Waals surface area contributed by atoms with Crippen LogP contribution in [0.2, 0.25) is 0 Å². The number of aryl methyl sites for hydroxylation is 1. The highest BCUT2D eigenvalue weighted by Gasteiger charge is 2.10. The molecule has 0 saturated heterocycles. The van der Waals surface area contributed by atoms with E-state index in [-0.39, 0.29) is 0 Å². The third kappa shape index (κ3) is 6.91. The zero-order valence-electron chi connectivity index (χ0n) is 16.2. The van der Waals surface area contributed by atoms with E-state index in [0.717, 1.165) is 47.7 Å². The van der Waals surface area contributed by atoms with Gasteiger partial charge in [0, 0.05) is 10.9 Å². The van der Waals surface area contributed by atoms with E-state index in [4.69, 9.17) is 9.84 Å². The molecule has 0 radical (unpaired) electrons. The Morgan fingerprint density at radius 2 is 1.83 bits per heavy atom. The predicted octanol–water partition coefficient (Wildman–Crippen LogP) is 5.88. The summed E-state index contributed by atoms with van der Waals surface area (Å²) in [6, 6.07) is 18.3. The molecule has 0 aliphatic carbocycles. The Kier molecular flexibility index (Phi) is 8.14. The molecule has 1 N–H and O–H groups in total. The fraction of sp³-hybridized carbons (Fsp3) is 0.304. The second kappa shape index (κ2) is 11.0. The number of ether oxygens (including phenoxy) is 1. The molecule has 2 aromatic carbocycles. The molecule has 0 aliphatic rings. The number of carboxylic acid groups (broad SMARTS) is 1. The summed E-state index contributed by atoms with van der Waals surface area (Å²) in [7, 11) is 0. The highest BCUT2D eigenvalue weighted by Crippen LogP contribution is 2.24. The standard InChI is InChI=1S/C23H25NO3S2/c25-23(26)21(28)10-6-1-3-7-17-11-13-20(14-12-17)27-15-19-16-29-22(24-19)18-8-4-2-5-9-18/h2,4-5,8-9,11-14,16,21,28H,1,3,6-7,10,15H2,(H,25,26). The van der Waals surface area contributed by atoms with E-state index >= 15 is 0 Å². The molecule has 3 aromatic rings. The number of thiol groups is 1. The van der Waals surface area contributed by atoms with Crippen molar-refractivity contribution in [3.05, 3.63) is 71.2 Å². The van der Waals surface area contributed by atoms with Gasteiger partial charge in [-0.05, 0) is 37.0 Å². The fourth-order valence-electron chi connectivity index (χ4n) is 2.96. The molecule has 3 rings (SSSR count). The Morgan fingerprint density at radius 3 is 2.55 bits per heavy atom. The van der Waals surface area contributed by atoms with E-state index in [0.29, 0.717) is 13.0 Å². The van der Waals surface area contributed by atoms with Gasteiger partial charge in [0.2, 0.25) is 0 Å². The molecule has 29 heavy (non-hydrogen) atoms. The van der Waals surface area contributed by atoms with E-state index < -0.39 is 11.2 Å². The fourth-order valence-corrected chi connectivity index (χ4v) is 3.96. The average Bonchev–Trinajstić information content (AvgIpc) is 3.22. The number of thiazole rings is 1. The zero-order valence-corrected chi connectivity index (χ0v) is 17.9. The van der Waals surface area contributed by atoms with E-state index in [2.05, 4.69) is 41.9 Å². The Bertz CT molecular complexity index is 894. The van der Waals surface area contributed by atoms with Crippen LogP contribution in [0.5, 0.6) is 5.75 Å². The van der Waals surface area contributed by atoms with Gasteiger partial charge in [0.25, 0.3) is 0 Å². The molecule has 6 heteroatoms. The Balaban J connectivity index is 1.39. The quantitative estimate of drug-likeness (QED) is 0.297. The van der Waals surface area contributed by atoms with Crippen molar-refractivity contribution < 1.29 is 14.6 Å². The van der Waals surface area contributed by atoms with Crippen LogP contribution in [0.1, 0.15) is 36.9 Å². The second-order valence-electron chi connectivity index (χ2n) is 6.90. The number of carbonyl (C=O) groups is 1. The van der Waals surface area contributed by atoms with Crippen LogP contribution in [0.4, 0.5) is 0 Å². The van der Waals surface area contributed by atoms with Gasteiger partial charge in [-0.2, -0.15) is 12.6 Å². The molecule has 1 atom stereocenters. The second-order valence-corrected chi connectivity index (χ2v) is 8.38. The summed E-state index contributed by atoms with van der Waals surface area (Å²) in [5, 5.41) is 11.3. The minimum Gasteiger partial charge on any atom is -0.487 e. The van der Waals surface area contributed by atoms with Gasteiger partial charge in [-0.3, -0.25) is 4.79 Å². The van der Waals surface area contributed by atoms with Crippen molar-refractivity contribution in [2.24, 2.45) is 0 Å². The average molecular weight is 428 g/mol. The largest absolute Gasteiger partial charge is 0.487 e. The monoisotopic (exact) mass is 427 g/mol. The summed E-state index contributed by atoms with van der Waals surface area (Å²) in [5.74, 6) is 0.000230. The van der Waals surface area contributed by atoms with Crippen LogP contribution < -0.4 is 4.74 Å². The van der Waals surface area contributed by atoms with Crippen LogP contribution in [-0.2, 0) is 17.8 Å². The number of nitrogens with zero attached hydrogens (tertiary/aromatic N) is 1. The van der Waals surface area contributed by atoms with Crippen LogP contribution in [-0.4, -0.2) is 21.3 Å². The SMILES string of the molecule is O=C(O)C(S)CCCCCc1ccc(OCc2csc(-c3ccccc3)n2)cc1. The van der Waals surface area contributed by atoms with Gasteiger partial charge in [-0.25, -0.2) is 4.98 Å². The van der Waals surface area contributed by atoms with Crippen molar-refractivity contribution in [1.29, 1.82) is 0 Å². The smallest absolute Gasteiger partial charge is 0.316 e. The maximum atomic E-state index is 10.7. The molecule has 4 nitrogen and oxygen atoms in total. The summed E-state index contributed by atoms with van der Waals surface area (Å²) in [5.41, 5.74) is 3.32. The van der Waals surface area contributed by atoms with Crippen molar-refractivity contribution in [3.63, 3.8) is 0 Å². The number of rotatable bonds is 11. The van der Waals surface area contributed by atoms with Crippen molar-refractivity contribution in [2.45, 2.75) is 44.0 Å². The van der Waals surface area contributed by atoms with Gasteiger partial charge < -0.3 is 9.84 Å². The third-order valence-electron chi connectivity index (χ3n) is 4.61. The minimum atomic E-state index is -0.835. The zero-order chi connectivity index (χ0) is 20.5. The molecular weight excluding hydrogens is 402 g/mol. The molecule has 0 saturated carbocycles. The maximum Gasteiger partial charge on any atom is 0.316 e. The van der Waals surface area contributed by atoms with Gasteiger partial charge in [-0.15, -0.1) is 11.3 Å². The lowest BCUT2D eigenvalue weighted by atomic mass is 10.1. The Morgan fingerprint density at radius 1 is 1.07 bits per heavy atom. The van der Waals surface area contributed by atoms with Crippen molar-refractivity contribution in [2.75, 3.05) is 0 Å². The number of unbranched alkanes of at least 4 members (excludes halogenated alkanes) is 2. The van der Waals surface area contributed by atoms with Crippen molar-refractivity contribution in [1.82, 2.24) is 4.98 Å². The van der Waals surface area contributed by atoms with E-state index in [1.165, 1.54) is 5.56 Å². The Labute approximate surface area is 181 Å². The molecule has 0 bridgehead atoms. The van der Waals surface area contributed by atoms with E-state index in [1.807, 2.05) is 35.7 Å². The lowest BCUT2D eigenvalue weighted by Gasteiger charge is -2.07. The third-order valence-corrected chi connectivity index (χ3v) is 6.03. The van der Waals surface area contributed by atoms with Gasteiger partial charge >= 0.3 is 5.97 Å². The van der Waals surface area contributed by atoms with E-state index in [9.17, 15) is 4.79 Å². The number of carboxylic acids is 1. The summed E-state index contributed by atoms with van der Waals surface area (Å²) < 4.78 is 5.87. The predicted molar refractivity (Wildman–Crippen MR) is 121 cm³/mol. The number of hydrogen-bond donors (Lipinski definition) is 2. The molecule has 0 spiro atoms. The molecule has 1 unspecified atom stereocenters. The van der Waals surface area contributed by atoms with Crippen LogP contribution in [0.15, 0.2) is 60.0 Å². The van der Waals surface area contributed by atoms with Gasteiger partial charge in [0.05, 0.1) is 10.9 Å². The minimum absolute atomic E-state index is 0.456. The van der Waals surface area contributed by atoms with E-state index in [1.54, 1.807) is 11.3 Å². The van der Waals surface area contributed by atoms with Crippen LogP contribution in [0, 0.1) is 0 Å². The Hall–Kier alpha value is -2.31. The molecular formula is C23H25NO3S2. The maximum absolute atomic E-state index is 10.7. The molecule has 0 fully saturated rings. The molecule has 1 heterocycles. The highest BCUT2D eigenvalue weighted by atomic mass is 32.1. The lowest BCUT2D eigenvalue weighted by molar-refractivity contribution is -0.136. The molecule has 152 valence electrons. The van der Waals surface area contributed by atoms with Crippen LogP contribution in [0.3, 0.4) is 0 Å². The highest BCUT2D eigenvalue weighted by molar-refractivity contribution is 7.81. The van der Waals surface area contributed by atoms with Gasteiger partial charge in [0.15, 0.2) is 0 Å². The first kappa shape index (κ1) is 21.4. The summed E-state index contributed by atoms with van der Waals surface area (Å²) in [6.45, 7) is 0.456. The number of aromatic nitrogens is 1. The summed E-state index contributed by atoms with van der Waals surface area (Å²) in [4.78, 5) is 15.4. The topological polar surface area (TPSA) is 59.4 Å².